The van der Waals surface area contributed by atoms with Gasteiger partial charge in [-0.05, 0) is 43.2 Å². The zero-order chi connectivity index (χ0) is 25.9. The summed E-state index contributed by atoms with van der Waals surface area (Å²) in [5, 5.41) is 20.2. The van der Waals surface area contributed by atoms with E-state index in [4.69, 9.17) is 4.74 Å². The van der Waals surface area contributed by atoms with E-state index in [0.29, 0.717) is 18.7 Å². The van der Waals surface area contributed by atoms with Gasteiger partial charge in [-0.15, -0.1) is 10.2 Å². The van der Waals surface area contributed by atoms with Crippen molar-refractivity contribution in [1.29, 1.82) is 5.26 Å². The first-order valence-corrected chi connectivity index (χ1v) is 13.6. The van der Waals surface area contributed by atoms with Gasteiger partial charge < -0.3 is 9.30 Å². The highest BCUT2D eigenvalue weighted by Gasteiger charge is 2.18. The maximum absolute atomic E-state index is 12.7. The third-order valence-corrected chi connectivity index (χ3v) is 7.87. The van der Waals surface area contributed by atoms with E-state index in [0.717, 1.165) is 45.4 Å². The smallest absolute Gasteiger partial charge is 0.268 e. The number of carbonyl (C=O) groups excluding carboxylic acids is 1. The van der Waals surface area contributed by atoms with Crippen molar-refractivity contribution < 1.29 is 17.9 Å². The van der Waals surface area contributed by atoms with Gasteiger partial charge in [0.2, 0.25) is 19.3 Å². The molecule has 4 aromatic rings. The van der Waals surface area contributed by atoms with E-state index in [9.17, 15) is 18.5 Å². The lowest BCUT2D eigenvalue weighted by atomic mass is 10.1. The first-order valence-electron chi connectivity index (χ1n) is 10.9. The van der Waals surface area contributed by atoms with E-state index < -0.39 is 15.7 Å². The summed E-state index contributed by atoms with van der Waals surface area (Å²) in [6.45, 7) is 5.02. The number of anilines is 1. The zero-order valence-electron chi connectivity index (χ0n) is 19.8. The van der Waals surface area contributed by atoms with Crippen molar-refractivity contribution in [1.82, 2.24) is 14.8 Å². The number of nitrogens with zero attached hydrogens (tertiary/aromatic N) is 4. The maximum Gasteiger partial charge on any atom is 0.268 e. The first kappa shape index (κ1) is 25.1. The molecule has 0 unspecified atom stereocenters. The summed E-state index contributed by atoms with van der Waals surface area (Å²) in [5.74, 6) is 0.134. The van der Waals surface area contributed by atoms with Gasteiger partial charge >= 0.3 is 0 Å². The number of fused-ring (bicyclic) bond motifs is 1. The monoisotopic (exact) mass is 521 g/mol. The fourth-order valence-electron chi connectivity index (χ4n) is 3.57. The van der Waals surface area contributed by atoms with Gasteiger partial charge in [-0.3, -0.25) is 10.1 Å². The fourth-order valence-corrected chi connectivity index (χ4v) is 5.07. The van der Waals surface area contributed by atoms with Crippen LogP contribution < -0.4 is 10.1 Å². The van der Waals surface area contributed by atoms with E-state index in [1.54, 1.807) is 0 Å². The number of aromatic nitrogens is 3. The van der Waals surface area contributed by atoms with Gasteiger partial charge in [-0.1, -0.05) is 41.7 Å². The number of rotatable bonds is 8. The minimum atomic E-state index is -3.54. The van der Waals surface area contributed by atoms with E-state index in [1.165, 1.54) is 6.08 Å². The second kappa shape index (κ2) is 10.3. The van der Waals surface area contributed by atoms with Crippen LogP contribution in [0, 0.1) is 25.2 Å². The molecule has 0 bridgehead atoms. The Morgan fingerprint density at radius 1 is 1.22 bits per heavy atom. The van der Waals surface area contributed by atoms with Crippen molar-refractivity contribution in [3.63, 3.8) is 0 Å². The largest absolute Gasteiger partial charge is 0.491 e. The molecule has 184 valence electrons. The summed E-state index contributed by atoms with van der Waals surface area (Å²) >= 11 is 0.721. The van der Waals surface area contributed by atoms with Crippen molar-refractivity contribution in [2.24, 2.45) is 0 Å². The van der Waals surface area contributed by atoms with Crippen molar-refractivity contribution in [2.75, 3.05) is 18.2 Å². The molecule has 0 radical (unpaired) electrons. The Kier molecular flexibility index (Phi) is 7.19. The highest BCUT2D eigenvalue weighted by molar-refractivity contribution is 7.92. The quantitative estimate of drug-likeness (QED) is 0.210. The number of carbonyl (C=O) groups is 1. The van der Waals surface area contributed by atoms with E-state index in [-0.39, 0.29) is 15.0 Å². The molecule has 1 amide bonds. The molecule has 1 N–H and O–H groups in total. The Morgan fingerprint density at radius 2 is 2.00 bits per heavy atom. The molecule has 0 saturated carbocycles. The number of hydrogen-bond donors (Lipinski definition) is 1. The topological polar surface area (TPSA) is 127 Å². The van der Waals surface area contributed by atoms with Crippen molar-refractivity contribution >= 4 is 49.2 Å². The Bertz CT molecular complexity index is 1630. The molecule has 2 aromatic carbocycles. The number of amides is 1. The summed E-state index contributed by atoms with van der Waals surface area (Å²) in [7, 11) is -3.54. The zero-order valence-corrected chi connectivity index (χ0v) is 21.5. The minimum Gasteiger partial charge on any atom is -0.491 e. The molecule has 0 atom stereocenters. The summed E-state index contributed by atoms with van der Waals surface area (Å²) in [6, 6.07) is 15.7. The molecule has 0 aliphatic carbocycles. The molecule has 36 heavy (non-hydrogen) atoms. The Labute approximate surface area is 212 Å². The van der Waals surface area contributed by atoms with E-state index in [2.05, 4.69) is 15.5 Å². The molecule has 2 heterocycles. The molecular formula is C25H23N5O4S2. The van der Waals surface area contributed by atoms with E-state index in [1.807, 2.05) is 73.1 Å². The Hall–Kier alpha value is -4.01. The number of aryl methyl sites for hydroxylation is 2. The van der Waals surface area contributed by atoms with Crippen LogP contribution in [-0.2, 0) is 21.2 Å². The van der Waals surface area contributed by atoms with Crippen LogP contribution in [0.15, 0.2) is 58.6 Å². The third kappa shape index (κ3) is 5.62. The predicted molar refractivity (Wildman–Crippen MR) is 139 cm³/mol. The number of hydrogen-bond acceptors (Lipinski definition) is 8. The first-order chi connectivity index (χ1) is 17.2. The molecule has 0 saturated heterocycles. The number of nitrogens with one attached hydrogen (secondary N) is 1. The predicted octanol–water partition coefficient (Wildman–Crippen LogP) is 4.14. The lowest BCUT2D eigenvalue weighted by Gasteiger charge is -2.11. The van der Waals surface area contributed by atoms with Crippen LogP contribution in [0.25, 0.3) is 17.0 Å². The molecule has 4 rings (SSSR count). The highest BCUT2D eigenvalue weighted by atomic mass is 32.2. The average Bonchev–Trinajstić information content (AvgIpc) is 3.45. The third-order valence-electron chi connectivity index (χ3n) is 5.36. The molecule has 0 spiro atoms. The minimum absolute atomic E-state index is 0.00686. The standard InChI is InChI=1S/C25H23N5O4S2/c1-16-8-9-17(2)22(12-16)34-11-10-30-15-19(20-6-4-5-7-21(20)30)13-18(14-26)23(31)27-24-28-29-25(35-24)36(3,32)33/h4-9,12-13,15H,10-11H2,1-3H3,(H,27,28,31). The second-order valence-electron chi connectivity index (χ2n) is 8.18. The summed E-state index contributed by atoms with van der Waals surface area (Å²) in [6.07, 6.45) is 4.37. The normalized spacial score (nSPS) is 11.9. The molecular weight excluding hydrogens is 498 g/mol. The van der Waals surface area contributed by atoms with Gasteiger partial charge in [-0.2, -0.15) is 5.26 Å². The molecule has 0 aliphatic rings. The van der Waals surface area contributed by atoms with Crippen LogP contribution in [-0.4, -0.2) is 42.0 Å². The summed E-state index contributed by atoms with van der Waals surface area (Å²) < 4.78 is 31.0. The number of para-hydroxylation sites is 1. The average molecular weight is 522 g/mol. The van der Waals surface area contributed by atoms with Crippen molar-refractivity contribution in [2.45, 2.75) is 24.7 Å². The lowest BCUT2D eigenvalue weighted by molar-refractivity contribution is -0.112. The number of sulfone groups is 1. The molecule has 0 fully saturated rings. The van der Waals surface area contributed by atoms with Gasteiger partial charge in [0.25, 0.3) is 5.91 Å². The van der Waals surface area contributed by atoms with Gasteiger partial charge in [0, 0.05) is 28.9 Å². The molecule has 9 nitrogen and oxygen atoms in total. The Morgan fingerprint density at radius 3 is 2.72 bits per heavy atom. The van der Waals surface area contributed by atoms with Gasteiger partial charge in [0.05, 0.1) is 6.54 Å². The van der Waals surface area contributed by atoms with E-state index >= 15 is 0 Å². The van der Waals surface area contributed by atoms with Crippen LogP contribution in [0.1, 0.15) is 16.7 Å². The van der Waals surface area contributed by atoms with Crippen LogP contribution in [0.4, 0.5) is 5.13 Å². The van der Waals surface area contributed by atoms with Gasteiger partial charge in [0.1, 0.15) is 24.0 Å². The molecule has 0 aliphatic heterocycles. The van der Waals surface area contributed by atoms with Crippen molar-refractivity contribution in [3.8, 4) is 11.8 Å². The highest BCUT2D eigenvalue weighted by Crippen LogP contribution is 2.25. The number of benzene rings is 2. The van der Waals surface area contributed by atoms with Crippen LogP contribution >= 0.6 is 11.3 Å². The fraction of sp³-hybridized carbons (Fsp3) is 0.200. The molecule has 2 aromatic heterocycles. The summed E-state index contributed by atoms with van der Waals surface area (Å²) in [5.41, 5.74) is 3.66. The molecule has 11 heteroatoms. The number of ether oxygens (including phenoxy) is 1. The second-order valence-corrected chi connectivity index (χ2v) is 11.3. The Balaban J connectivity index is 1.55. The van der Waals surface area contributed by atoms with Gasteiger partial charge in [0.15, 0.2) is 0 Å². The lowest BCUT2D eigenvalue weighted by Crippen LogP contribution is -2.13. The SMILES string of the molecule is Cc1ccc(C)c(OCCn2cc(C=C(C#N)C(=O)Nc3nnc(S(C)(=O)=O)s3)c3ccccc32)c1. The van der Waals surface area contributed by atoms with Crippen LogP contribution in [0.3, 0.4) is 0 Å². The summed E-state index contributed by atoms with van der Waals surface area (Å²) in [4.78, 5) is 12.7. The maximum atomic E-state index is 12.7. The van der Waals surface area contributed by atoms with Gasteiger partial charge in [-0.25, -0.2) is 8.42 Å². The number of nitriles is 1. The van der Waals surface area contributed by atoms with Crippen LogP contribution in [0.5, 0.6) is 5.75 Å². The van der Waals surface area contributed by atoms with Crippen LogP contribution in [0.2, 0.25) is 0 Å². The van der Waals surface area contributed by atoms with Crippen molar-refractivity contribution in [3.05, 3.63) is 70.9 Å².